The van der Waals surface area contributed by atoms with Gasteiger partial charge in [-0.3, -0.25) is 4.79 Å². The van der Waals surface area contributed by atoms with Gasteiger partial charge in [-0.15, -0.1) is 0 Å². The van der Waals surface area contributed by atoms with Crippen LogP contribution in [0.1, 0.15) is 43.2 Å². The first-order valence-corrected chi connectivity index (χ1v) is 9.55. The molecule has 1 N–H and O–H groups in total. The second kappa shape index (κ2) is 5.90. The predicted molar refractivity (Wildman–Crippen MR) is 84.3 cm³/mol. The second-order valence-electron chi connectivity index (χ2n) is 6.67. The first-order chi connectivity index (χ1) is 10.8. The van der Waals surface area contributed by atoms with E-state index in [1.807, 2.05) is 20.8 Å². The van der Waals surface area contributed by atoms with E-state index in [1.165, 1.54) is 0 Å². The minimum absolute atomic E-state index is 0.0405. The Bertz CT molecular complexity index is 689. The third-order valence-electron chi connectivity index (χ3n) is 4.61. The maximum absolute atomic E-state index is 12.5. The minimum Gasteiger partial charge on any atom is -0.361 e. The van der Waals surface area contributed by atoms with Crippen molar-refractivity contribution in [2.45, 2.75) is 63.8 Å². The third-order valence-corrected chi connectivity index (χ3v) is 6.53. The van der Waals surface area contributed by atoms with E-state index in [1.54, 1.807) is 4.90 Å². The summed E-state index contributed by atoms with van der Waals surface area (Å²) in [7, 11) is -3.52. The molecule has 1 aliphatic heterocycles. The van der Waals surface area contributed by atoms with Gasteiger partial charge in [0.2, 0.25) is 15.9 Å². The van der Waals surface area contributed by atoms with Crippen molar-refractivity contribution in [2.75, 3.05) is 6.54 Å². The minimum atomic E-state index is -3.52. The number of likely N-dealkylation sites (tertiary alicyclic amines) is 1. The highest BCUT2D eigenvalue weighted by Gasteiger charge is 2.44. The zero-order chi connectivity index (χ0) is 16.8. The lowest BCUT2D eigenvalue weighted by molar-refractivity contribution is -0.128. The van der Waals surface area contributed by atoms with E-state index in [9.17, 15) is 13.2 Å². The molecule has 1 saturated heterocycles. The summed E-state index contributed by atoms with van der Waals surface area (Å²) in [6, 6.07) is -0.00990. The highest BCUT2D eigenvalue weighted by atomic mass is 32.2. The van der Waals surface area contributed by atoms with Crippen LogP contribution in [0, 0.1) is 13.8 Å². The number of rotatable bonds is 6. The van der Waals surface area contributed by atoms with E-state index >= 15 is 0 Å². The van der Waals surface area contributed by atoms with Gasteiger partial charge in [0.1, 0.15) is 11.0 Å². The Morgan fingerprint density at radius 2 is 2.09 bits per heavy atom. The SMILES string of the molecule is Cc1noc(C)c1C[C@@H](C)NS(=O)(=O)[C@H]1CC(=O)N(C2CC2)C1. The average molecular weight is 341 g/mol. The number of aryl methyl sites for hydroxylation is 2. The second-order valence-corrected chi connectivity index (χ2v) is 8.67. The number of carbonyl (C=O) groups excluding carboxylic acids is 1. The highest BCUT2D eigenvalue weighted by Crippen LogP contribution is 2.32. The molecule has 2 fully saturated rings. The molecular weight excluding hydrogens is 318 g/mol. The summed E-state index contributed by atoms with van der Waals surface area (Å²) in [5.41, 5.74) is 1.71. The maximum atomic E-state index is 12.5. The van der Waals surface area contributed by atoms with Crippen LogP contribution < -0.4 is 4.72 Å². The molecule has 0 radical (unpaired) electrons. The van der Waals surface area contributed by atoms with Crippen molar-refractivity contribution in [2.24, 2.45) is 0 Å². The molecule has 1 aliphatic carbocycles. The average Bonchev–Trinajstić information content (AvgIpc) is 3.16. The molecule has 0 bridgehead atoms. The van der Waals surface area contributed by atoms with Crippen LogP contribution in [0.5, 0.6) is 0 Å². The molecule has 2 aliphatic rings. The van der Waals surface area contributed by atoms with E-state index in [-0.39, 0.29) is 24.4 Å². The molecule has 1 aromatic heterocycles. The first kappa shape index (κ1) is 16.4. The van der Waals surface area contributed by atoms with E-state index in [0.717, 1.165) is 24.1 Å². The van der Waals surface area contributed by atoms with Crippen molar-refractivity contribution in [3.63, 3.8) is 0 Å². The molecule has 3 rings (SSSR count). The molecule has 0 unspecified atom stereocenters. The molecule has 0 aromatic carbocycles. The van der Waals surface area contributed by atoms with Crippen molar-refractivity contribution >= 4 is 15.9 Å². The fraction of sp³-hybridized carbons (Fsp3) is 0.733. The Labute approximate surface area is 136 Å². The first-order valence-electron chi connectivity index (χ1n) is 8.00. The summed E-state index contributed by atoms with van der Waals surface area (Å²) in [5, 5.41) is 3.24. The normalized spacial score (nSPS) is 23.5. The zero-order valence-corrected chi connectivity index (χ0v) is 14.5. The molecule has 128 valence electrons. The van der Waals surface area contributed by atoms with Crippen LogP contribution >= 0.6 is 0 Å². The molecule has 1 saturated carbocycles. The molecule has 2 heterocycles. The Morgan fingerprint density at radius 3 is 2.65 bits per heavy atom. The Kier molecular flexibility index (Phi) is 4.22. The summed E-state index contributed by atoms with van der Waals surface area (Å²) in [5.74, 6) is 0.672. The van der Waals surface area contributed by atoms with Crippen molar-refractivity contribution < 1.29 is 17.7 Å². The van der Waals surface area contributed by atoms with Crippen LogP contribution in [0.15, 0.2) is 4.52 Å². The topological polar surface area (TPSA) is 92.5 Å². The molecule has 23 heavy (non-hydrogen) atoms. The Morgan fingerprint density at radius 1 is 1.39 bits per heavy atom. The largest absolute Gasteiger partial charge is 0.361 e. The van der Waals surface area contributed by atoms with Gasteiger partial charge < -0.3 is 9.42 Å². The number of hydrogen-bond acceptors (Lipinski definition) is 5. The Balaban J connectivity index is 1.63. The van der Waals surface area contributed by atoms with Crippen molar-refractivity contribution in [1.29, 1.82) is 0 Å². The lowest BCUT2D eigenvalue weighted by Crippen LogP contribution is -2.42. The lowest BCUT2D eigenvalue weighted by Gasteiger charge is -2.19. The summed E-state index contributed by atoms with van der Waals surface area (Å²) < 4.78 is 32.9. The van der Waals surface area contributed by atoms with Crippen molar-refractivity contribution in [3.8, 4) is 0 Å². The van der Waals surface area contributed by atoms with Crippen LogP contribution in [-0.4, -0.2) is 48.3 Å². The zero-order valence-electron chi connectivity index (χ0n) is 13.7. The molecule has 2 atom stereocenters. The van der Waals surface area contributed by atoms with Gasteiger partial charge in [-0.25, -0.2) is 13.1 Å². The van der Waals surface area contributed by atoms with E-state index in [2.05, 4.69) is 9.88 Å². The van der Waals surface area contributed by atoms with Gasteiger partial charge in [0.15, 0.2) is 0 Å². The molecule has 1 amide bonds. The number of hydrogen-bond donors (Lipinski definition) is 1. The molecule has 0 spiro atoms. The van der Waals surface area contributed by atoms with Crippen LogP contribution in [0.25, 0.3) is 0 Å². The number of carbonyl (C=O) groups is 1. The van der Waals surface area contributed by atoms with Crippen LogP contribution in [0.4, 0.5) is 0 Å². The fourth-order valence-electron chi connectivity index (χ4n) is 3.16. The molecule has 8 heteroatoms. The lowest BCUT2D eigenvalue weighted by atomic mass is 10.1. The fourth-order valence-corrected chi connectivity index (χ4v) is 4.72. The van der Waals surface area contributed by atoms with Gasteiger partial charge in [0.05, 0.1) is 5.69 Å². The third kappa shape index (κ3) is 3.42. The molecule has 1 aromatic rings. The van der Waals surface area contributed by atoms with Gasteiger partial charge in [0.25, 0.3) is 0 Å². The summed E-state index contributed by atoms with van der Waals surface area (Å²) in [4.78, 5) is 13.7. The van der Waals surface area contributed by atoms with Crippen molar-refractivity contribution in [3.05, 3.63) is 17.0 Å². The molecule has 7 nitrogen and oxygen atoms in total. The quantitative estimate of drug-likeness (QED) is 0.830. The van der Waals surface area contributed by atoms with Gasteiger partial charge in [-0.05, 0) is 40.0 Å². The number of sulfonamides is 1. The van der Waals surface area contributed by atoms with E-state index in [4.69, 9.17) is 4.52 Å². The summed E-state index contributed by atoms with van der Waals surface area (Å²) >= 11 is 0. The number of nitrogens with zero attached hydrogens (tertiary/aromatic N) is 2. The van der Waals surface area contributed by atoms with E-state index < -0.39 is 15.3 Å². The van der Waals surface area contributed by atoms with Gasteiger partial charge in [-0.2, -0.15) is 0 Å². The Hall–Kier alpha value is -1.41. The van der Waals surface area contributed by atoms with Gasteiger partial charge >= 0.3 is 0 Å². The smallest absolute Gasteiger partial charge is 0.224 e. The van der Waals surface area contributed by atoms with Gasteiger partial charge in [-0.1, -0.05) is 5.16 Å². The van der Waals surface area contributed by atoms with E-state index in [0.29, 0.717) is 18.7 Å². The van der Waals surface area contributed by atoms with Crippen LogP contribution in [0.3, 0.4) is 0 Å². The van der Waals surface area contributed by atoms with Crippen LogP contribution in [0.2, 0.25) is 0 Å². The predicted octanol–water partition coefficient (Wildman–Crippen LogP) is 0.905. The molecular formula is C15H23N3O4S. The number of nitrogens with one attached hydrogen (secondary N) is 1. The number of aromatic nitrogens is 1. The van der Waals surface area contributed by atoms with Crippen LogP contribution in [-0.2, 0) is 21.2 Å². The summed E-state index contributed by atoms with van der Waals surface area (Å²) in [6.45, 7) is 5.80. The monoisotopic (exact) mass is 341 g/mol. The van der Waals surface area contributed by atoms with Gasteiger partial charge in [0, 0.05) is 30.6 Å². The van der Waals surface area contributed by atoms with Crippen molar-refractivity contribution in [1.82, 2.24) is 14.8 Å². The standard InChI is InChI=1S/C15H23N3O4S/c1-9(6-14-10(2)16-22-11(14)3)17-23(20,21)13-7-15(19)18(8-13)12-4-5-12/h9,12-13,17H,4-8H2,1-3H3/t9-,13+/m1/s1. The highest BCUT2D eigenvalue weighted by molar-refractivity contribution is 7.90. The number of amides is 1. The summed E-state index contributed by atoms with van der Waals surface area (Å²) in [6.07, 6.45) is 2.60. The maximum Gasteiger partial charge on any atom is 0.224 e.